The van der Waals surface area contributed by atoms with Crippen molar-refractivity contribution in [1.82, 2.24) is 0 Å². The molecular weight excluding hydrogens is 331 g/mol. The molecule has 0 fully saturated rings. The third kappa shape index (κ3) is 2.75. The summed E-state index contributed by atoms with van der Waals surface area (Å²) in [5, 5.41) is 19.6. The molecule has 0 aliphatic rings. The molecule has 0 bridgehead atoms. The molecule has 0 radical (unpaired) electrons. The average molecular weight is 337 g/mol. The quantitative estimate of drug-likeness (QED) is 0.622. The molecule has 0 spiro atoms. The van der Waals surface area contributed by atoms with E-state index in [4.69, 9.17) is 10.00 Å². The van der Waals surface area contributed by atoms with Gasteiger partial charge in [0, 0.05) is 10.5 Å². The van der Waals surface area contributed by atoms with Crippen molar-refractivity contribution in [2.45, 2.75) is 0 Å². The van der Waals surface area contributed by atoms with E-state index in [1.165, 1.54) is 24.3 Å². The maximum Gasteiger partial charge on any atom is 0.314 e. The van der Waals surface area contributed by atoms with Crippen LogP contribution in [0.3, 0.4) is 0 Å². The van der Waals surface area contributed by atoms with Crippen molar-refractivity contribution in [2.24, 2.45) is 0 Å². The lowest BCUT2D eigenvalue weighted by Gasteiger charge is -2.08. The number of hydrogen-bond acceptors (Lipinski definition) is 4. The molecule has 100 valence electrons. The second-order valence-corrected chi connectivity index (χ2v) is 4.56. The van der Waals surface area contributed by atoms with E-state index in [1.807, 2.05) is 6.07 Å². The SMILES string of the molecule is N#Cc1ccc(Oc2c(F)cccc2[N+](=O)[O-])cc1Br. The molecule has 2 rings (SSSR count). The Bertz CT molecular complexity index is 728. The van der Waals surface area contributed by atoms with Crippen molar-refractivity contribution in [3.05, 3.63) is 62.4 Å². The molecule has 0 aliphatic carbocycles. The van der Waals surface area contributed by atoms with Gasteiger partial charge >= 0.3 is 5.69 Å². The number of nitro groups is 1. The lowest BCUT2D eigenvalue weighted by Crippen LogP contribution is -1.96. The van der Waals surface area contributed by atoms with E-state index in [0.29, 0.717) is 10.0 Å². The summed E-state index contributed by atoms with van der Waals surface area (Å²) in [4.78, 5) is 10.1. The summed E-state index contributed by atoms with van der Waals surface area (Å²) in [5.41, 5.74) is -0.0918. The van der Waals surface area contributed by atoms with Crippen molar-refractivity contribution in [3.63, 3.8) is 0 Å². The Labute approximate surface area is 121 Å². The number of nitriles is 1. The summed E-state index contributed by atoms with van der Waals surface area (Å²) in [6.45, 7) is 0. The molecule has 20 heavy (non-hydrogen) atoms. The second-order valence-electron chi connectivity index (χ2n) is 3.70. The van der Waals surface area contributed by atoms with Crippen LogP contribution in [0.15, 0.2) is 40.9 Å². The van der Waals surface area contributed by atoms with E-state index >= 15 is 0 Å². The third-order valence-electron chi connectivity index (χ3n) is 2.42. The van der Waals surface area contributed by atoms with Gasteiger partial charge in [0.25, 0.3) is 0 Å². The molecule has 0 saturated heterocycles. The van der Waals surface area contributed by atoms with Crippen molar-refractivity contribution in [2.75, 3.05) is 0 Å². The van der Waals surface area contributed by atoms with E-state index in [-0.39, 0.29) is 5.75 Å². The maximum absolute atomic E-state index is 13.6. The van der Waals surface area contributed by atoms with Crippen LogP contribution in [0.25, 0.3) is 0 Å². The van der Waals surface area contributed by atoms with Gasteiger partial charge in [0.15, 0.2) is 5.82 Å². The predicted molar refractivity (Wildman–Crippen MR) is 72.0 cm³/mol. The minimum Gasteiger partial charge on any atom is -0.447 e. The Kier molecular flexibility index (Phi) is 3.96. The van der Waals surface area contributed by atoms with Gasteiger partial charge in [-0.05, 0) is 40.2 Å². The predicted octanol–water partition coefficient (Wildman–Crippen LogP) is 4.16. The van der Waals surface area contributed by atoms with E-state index in [9.17, 15) is 14.5 Å². The first-order valence-electron chi connectivity index (χ1n) is 5.33. The molecule has 5 nitrogen and oxygen atoms in total. The first kappa shape index (κ1) is 14.0. The van der Waals surface area contributed by atoms with Crippen LogP contribution in [0, 0.1) is 27.3 Å². The number of hydrogen-bond donors (Lipinski definition) is 0. The van der Waals surface area contributed by atoms with Crippen molar-refractivity contribution >= 4 is 21.6 Å². The number of ether oxygens (including phenoxy) is 1. The summed E-state index contributed by atoms with van der Waals surface area (Å²) in [7, 11) is 0. The van der Waals surface area contributed by atoms with Crippen LogP contribution in [0.5, 0.6) is 11.5 Å². The first-order valence-corrected chi connectivity index (χ1v) is 6.12. The lowest BCUT2D eigenvalue weighted by molar-refractivity contribution is -0.385. The molecule has 0 amide bonds. The molecule has 0 aromatic heterocycles. The zero-order chi connectivity index (χ0) is 14.7. The summed E-state index contributed by atoms with van der Waals surface area (Å²) >= 11 is 3.16. The molecule has 0 saturated carbocycles. The van der Waals surface area contributed by atoms with Crippen molar-refractivity contribution in [3.8, 4) is 17.6 Å². The Balaban J connectivity index is 2.43. The van der Waals surface area contributed by atoms with Gasteiger partial charge in [0.2, 0.25) is 5.75 Å². The van der Waals surface area contributed by atoms with Crippen LogP contribution >= 0.6 is 15.9 Å². The lowest BCUT2D eigenvalue weighted by atomic mass is 10.2. The van der Waals surface area contributed by atoms with Crippen LogP contribution < -0.4 is 4.74 Å². The molecule has 0 unspecified atom stereocenters. The summed E-state index contributed by atoms with van der Waals surface area (Å²) in [5.74, 6) is -1.11. The standard InChI is InChI=1S/C13H6BrFN2O3/c14-10-6-9(5-4-8(10)7-16)20-13-11(15)2-1-3-12(13)17(18)19/h1-6H. The maximum atomic E-state index is 13.6. The largest absolute Gasteiger partial charge is 0.447 e. The fourth-order valence-corrected chi connectivity index (χ4v) is 1.96. The highest BCUT2D eigenvalue weighted by atomic mass is 79.9. The summed E-state index contributed by atoms with van der Waals surface area (Å²) in [6.07, 6.45) is 0. The normalized spacial score (nSPS) is 9.85. The average Bonchev–Trinajstić information content (AvgIpc) is 2.41. The number of para-hydroxylation sites is 1. The van der Waals surface area contributed by atoms with Crippen molar-refractivity contribution < 1.29 is 14.1 Å². The number of nitrogens with zero attached hydrogens (tertiary/aromatic N) is 2. The van der Waals surface area contributed by atoms with Gasteiger partial charge in [-0.15, -0.1) is 0 Å². The summed E-state index contributed by atoms with van der Waals surface area (Å²) in [6, 6.07) is 9.73. The number of benzene rings is 2. The second kappa shape index (κ2) is 5.67. The van der Waals surface area contributed by atoms with E-state index in [2.05, 4.69) is 15.9 Å². The number of rotatable bonds is 3. The van der Waals surface area contributed by atoms with Crippen LogP contribution in [0.2, 0.25) is 0 Å². The minimum atomic E-state index is -0.834. The van der Waals surface area contributed by atoms with E-state index < -0.39 is 22.2 Å². The van der Waals surface area contributed by atoms with Crippen LogP contribution in [-0.2, 0) is 0 Å². The summed E-state index contributed by atoms with van der Waals surface area (Å²) < 4.78 is 19.3. The Morgan fingerprint density at radius 1 is 1.35 bits per heavy atom. The fraction of sp³-hybridized carbons (Fsp3) is 0. The van der Waals surface area contributed by atoms with Gasteiger partial charge in [-0.3, -0.25) is 10.1 Å². The fourth-order valence-electron chi connectivity index (χ4n) is 1.51. The highest BCUT2D eigenvalue weighted by Gasteiger charge is 2.20. The van der Waals surface area contributed by atoms with Gasteiger partial charge in [0.05, 0.1) is 10.5 Å². The smallest absolute Gasteiger partial charge is 0.314 e. The molecule has 7 heteroatoms. The van der Waals surface area contributed by atoms with Crippen LogP contribution in [0.4, 0.5) is 10.1 Å². The molecule has 0 N–H and O–H groups in total. The minimum absolute atomic E-state index is 0.184. The number of halogens is 2. The van der Waals surface area contributed by atoms with Crippen molar-refractivity contribution in [1.29, 1.82) is 5.26 Å². The highest BCUT2D eigenvalue weighted by Crippen LogP contribution is 2.35. The molecule has 0 heterocycles. The third-order valence-corrected chi connectivity index (χ3v) is 3.08. The van der Waals surface area contributed by atoms with Gasteiger partial charge in [-0.1, -0.05) is 6.07 Å². The van der Waals surface area contributed by atoms with E-state index in [1.54, 1.807) is 0 Å². The Morgan fingerprint density at radius 2 is 2.10 bits per heavy atom. The van der Waals surface area contributed by atoms with Gasteiger partial charge in [-0.25, -0.2) is 4.39 Å². The van der Waals surface area contributed by atoms with Crippen LogP contribution in [0.1, 0.15) is 5.56 Å². The molecule has 0 aliphatic heterocycles. The highest BCUT2D eigenvalue weighted by molar-refractivity contribution is 9.10. The monoisotopic (exact) mass is 336 g/mol. The van der Waals surface area contributed by atoms with Gasteiger partial charge < -0.3 is 4.74 Å². The molecule has 2 aromatic carbocycles. The first-order chi connectivity index (χ1) is 9.52. The topological polar surface area (TPSA) is 76.2 Å². The zero-order valence-electron chi connectivity index (χ0n) is 9.84. The van der Waals surface area contributed by atoms with E-state index in [0.717, 1.165) is 12.1 Å². The number of nitro benzene ring substituents is 1. The van der Waals surface area contributed by atoms with Gasteiger partial charge in [0.1, 0.15) is 11.8 Å². The Morgan fingerprint density at radius 3 is 2.70 bits per heavy atom. The van der Waals surface area contributed by atoms with Gasteiger partial charge in [-0.2, -0.15) is 5.26 Å². The molecule has 2 aromatic rings. The zero-order valence-corrected chi connectivity index (χ0v) is 11.4. The Hall–Kier alpha value is -2.46. The molecule has 0 atom stereocenters. The molecular formula is C13H6BrFN2O3. The van der Waals surface area contributed by atoms with Crippen LogP contribution in [-0.4, -0.2) is 4.92 Å².